The first-order valence-corrected chi connectivity index (χ1v) is 7.83. The monoisotopic (exact) mass is 310 g/mol. The van der Waals surface area contributed by atoms with Crippen molar-refractivity contribution in [3.63, 3.8) is 0 Å². The largest absolute Gasteiger partial charge is 0.480 e. The third-order valence-corrected chi connectivity index (χ3v) is 4.30. The summed E-state index contributed by atoms with van der Waals surface area (Å²) in [5, 5.41) is 17.9. The molecule has 0 aromatic carbocycles. The molecule has 0 aliphatic heterocycles. The Morgan fingerprint density at radius 3 is 2.65 bits per heavy atom. The highest BCUT2D eigenvalue weighted by atomic mass is 32.1. The quantitative estimate of drug-likeness (QED) is 0.890. The number of hydrogen-bond acceptors (Lipinski definition) is 5. The number of aliphatic carboxylic acids is 1. The van der Waals surface area contributed by atoms with Crippen LogP contribution >= 0.6 is 22.7 Å². The van der Waals surface area contributed by atoms with Crippen LogP contribution in [0.25, 0.3) is 10.6 Å². The van der Waals surface area contributed by atoms with Gasteiger partial charge >= 0.3 is 5.97 Å². The molecule has 2 N–H and O–H groups in total. The fraction of sp³-hybridized carbons (Fsp3) is 0.308. The summed E-state index contributed by atoms with van der Waals surface area (Å²) in [4.78, 5) is 27.3. The summed E-state index contributed by atoms with van der Waals surface area (Å²) in [7, 11) is 0. The number of amides is 1. The van der Waals surface area contributed by atoms with Gasteiger partial charge in [0.05, 0.1) is 0 Å². The zero-order chi connectivity index (χ0) is 14.7. The van der Waals surface area contributed by atoms with E-state index >= 15 is 0 Å². The lowest BCUT2D eigenvalue weighted by Crippen LogP contribution is -2.44. The molecule has 0 unspecified atom stereocenters. The zero-order valence-corrected chi connectivity index (χ0v) is 12.6. The highest BCUT2D eigenvalue weighted by Crippen LogP contribution is 2.25. The first-order chi connectivity index (χ1) is 9.49. The summed E-state index contributed by atoms with van der Waals surface area (Å²) in [5.74, 6) is -1.68. The molecule has 106 valence electrons. The average molecular weight is 310 g/mol. The summed E-state index contributed by atoms with van der Waals surface area (Å²) >= 11 is 2.93. The predicted molar refractivity (Wildman–Crippen MR) is 79.2 cm³/mol. The molecule has 1 atom stereocenters. The number of thiazole rings is 1. The molecule has 0 saturated heterocycles. The molecule has 7 heteroatoms. The molecule has 2 rings (SSSR count). The second-order valence-corrected chi connectivity index (χ2v) is 6.22. The van der Waals surface area contributed by atoms with Gasteiger partial charge in [-0.3, -0.25) is 4.79 Å². The number of carboxylic acid groups (broad SMARTS) is 1. The van der Waals surface area contributed by atoms with Crippen LogP contribution in [0.3, 0.4) is 0 Å². The van der Waals surface area contributed by atoms with E-state index in [-0.39, 0.29) is 11.6 Å². The molecule has 20 heavy (non-hydrogen) atoms. The number of hydrogen-bond donors (Lipinski definition) is 2. The minimum atomic E-state index is -1.04. The Morgan fingerprint density at radius 1 is 1.35 bits per heavy atom. The second-order valence-electron chi connectivity index (χ2n) is 4.58. The van der Waals surface area contributed by atoms with Crippen LogP contribution in [0.5, 0.6) is 0 Å². The third-order valence-electron chi connectivity index (χ3n) is 2.72. The van der Waals surface area contributed by atoms with E-state index in [1.165, 1.54) is 11.3 Å². The Hall–Kier alpha value is -1.73. The Balaban J connectivity index is 2.12. The average Bonchev–Trinajstić information content (AvgIpc) is 3.04. The van der Waals surface area contributed by atoms with Crippen molar-refractivity contribution in [2.45, 2.75) is 19.9 Å². The van der Waals surface area contributed by atoms with Gasteiger partial charge in [-0.1, -0.05) is 13.8 Å². The molecule has 0 radical (unpaired) electrons. The van der Waals surface area contributed by atoms with E-state index in [9.17, 15) is 9.59 Å². The second kappa shape index (κ2) is 6.15. The number of carboxylic acids is 1. The van der Waals surface area contributed by atoms with Crippen LogP contribution in [-0.4, -0.2) is 28.0 Å². The molecule has 2 aromatic rings. The van der Waals surface area contributed by atoms with Gasteiger partial charge in [0.1, 0.15) is 16.7 Å². The number of rotatable bonds is 5. The van der Waals surface area contributed by atoms with Crippen molar-refractivity contribution in [2.24, 2.45) is 5.92 Å². The SMILES string of the molecule is CC(C)[C@@H](NC(=O)c1csc(-c2ccsc2)n1)C(=O)O. The maximum absolute atomic E-state index is 12.0. The summed E-state index contributed by atoms with van der Waals surface area (Å²) in [6.07, 6.45) is 0. The summed E-state index contributed by atoms with van der Waals surface area (Å²) in [5.41, 5.74) is 1.22. The lowest BCUT2D eigenvalue weighted by Gasteiger charge is -2.16. The lowest BCUT2D eigenvalue weighted by atomic mass is 10.0. The van der Waals surface area contributed by atoms with E-state index in [2.05, 4.69) is 10.3 Å². The van der Waals surface area contributed by atoms with Gasteiger partial charge in [0.15, 0.2) is 0 Å². The Kier molecular flexibility index (Phi) is 4.51. The minimum Gasteiger partial charge on any atom is -0.480 e. The molecule has 5 nitrogen and oxygen atoms in total. The van der Waals surface area contributed by atoms with E-state index in [1.54, 1.807) is 30.6 Å². The predicted octanol–water partition coefficient (Wildman–Crippen LogP) is 2.71. The van der Waals surface area contributed by atoms with Crippen molar-refractivity contribution in [3.05, 3.63) is 27.9 Å². The molecular weight excluding hydrogens is 296 g/mol. The van der Waals surface area contributed by atoms with Gasteiger partial charge in [-0.05, 0) is 17.4 Å². The first-order valence-electron chi connectivity index (χ1n) is 6.01. The third kappa shape index (κ3) is 3.23. The lowest BCUT2D eigenvalue weighted by molar-refractivity contribution is -0.140. The van der Waals surface area contributed by atoms with Gasteiger partial charge in [-0.15, -0.1) is 11.3 Å². The van der Waals surface area contributed by atoms with Crippen molar-refractivity contribution in [2.75, 3.05) is 0 Å². The fourth-order valence-electron chi connectivity index (χ4n) is 1.63. The number of thiophene rings is 1. The van der Waals surface area contributed by atoms with Crippen molar-refractivity contribution in [1.29, 1.82) is 0 Å². The maximum Gasteiger partial charge on any atom is 0.326 e. The van der Waals surface area contributed by atoms with Crippen LogP contribution in [0, 0.1) is 5.92 Å². The van der Waals surface area contributed by atoms with Crippen LogP contribution in [0.2, 0.25) is 0 Å². The molecule has 0 fully saturated rings. The number of aromatic nitrogens is 1. The van der Waals surface area contributed by atoms with E-state index in [4.69, 9.17) is 5.11 Å². The van der Waals surface area contributed by atoms with E-state index < -0.39 is 17.9 Å². The minimum absolute atomic E-state index is 0.188. The van der Waals surface area contributed by atoms with Crippen molar-refractivity contribution >= 4 is 34.6 Å². The molecule has 0 aliphatic rings. The standard InChI is InChI=1S/C13H14N2O3S2/c1-7(2)10(13(17)18)15-11(16)9-6-20-12(14-9)8-3-4-19-5-8/h3-7,10H,1-2H3,(H,15,16)(H,17,18)/t10-/m1/s1. The van der Waals surface area contributed by atoms with Gasteiger partial charge in [0.25, 0.3) is 5.91 Å². The van der Waals surface area contributed by atoms with E-state index in [0.29, 0.717) is 0 Å². The van der Waals surface area contributed by atoms with Gasteiger partial charge in [-0.25, -0.2) is 9.78 Å². The van der Waals surface area contributed by atoms with Crippen molar-refractivity contribution in [1.82, 2.24) is 10.3 Å². The van der Waals surface area contributed by atoms with Crippen LogP contribution in [0.1, 0.15) is 24.3 Å². The normalized spacial score (nSPS) is 12.3. The highest BCUT2D eigenvalue weighted by molar-refractivity contribution is 7.14. The van der Waals surface area contributed by atoms with Gasteiger partial charge in [0, 0.05) is 16.3 Å². The molecule has 2 heterocycles. The van der Waals surface area contributed by atoms with Crippen LogP contribution in [0.4, 0.5) is 0 Å². The first kappa shape index (κ1) is 14.7. The van der Waals surface area contributed by atoms with Crippen LogP contribution < -0.4 is 5.32 Å². The Bertz CT molecular complexity index is 605. The topological polar surface area (TPSA) is 79.3 Å². The van der Waals surface area contributed by atoms with E-state index in [1.807, 2.05) is 16.8 Å². The fourth-order valence-corrected chi connectivity index (χ4v) is 3.14. The maximum atomic E-state index is 12.0. The van der Waals surface area contributed by atoms with E-state index in [0.717, 1.165) is 10.6 Å². The highest BCUT2D eigenvalue weighted by Gasteiger charge is 2.25. The molecule has 2 aromatic heterocycles. The van der Waals surface area contributed by atoms with Crippen molar-refractivity contribution < 1.29 is 14.7 Å². The van der Waals surface area contributed by atoms with Crippen LogP contribution in [-0.2, 0) is 4.79 Å². The number of carbonyl (C=O) groups is 2. The molecule has 1 amide bonds. The number of nitrogens with zero attached hydrogens (tertiary/aromatic N) is 1. The molecule has 0 spiro atoms. The smallest absolute Gasteiger partial charge is 0.326 e. The van der Waals surface area contributed by atoms with Gasteiger partial charge in [0.2, 0.25) is 0 Å². The molecule has 0 aliphatic carbocycles. The van der Waals surface area contributed by atoms with Crippen molar-refractivity contribution in [3.8, 4) is 10.6 Å². The zero-order valence-electron chi connectivity index (χ0n) is 11.0. The summed E-state index contributed by atoms with van der Waals surface area (Å²) < 4.78 is 0. The Morgan fingerprint density at radius 2 is 2.10 bits per heavy atom. The number of nitrogens with one attached hydrogen (secondary N) is 1. The van der Waals surface area contributed by atoms with Gasteiger partial charge in [-0.2, -0.15) is 11.3 Å². The van der Waals surface area contributed by atoms with Crippen LogP contribution in [0.15, 0.2) is 22.2 Å². The Labute approximate surface area is 124 Å². The molecule has 0 saturated carbocycles. The van der Waals surface area contributed by atoms with Gasteiger partial charge < -0.3 is 10.4 Å². The molecular formula is C13H14N2O3S2. The summed E-state index contributed by atoms with van der Waals surface area (Å²) in [6.45, 7) is 3.49. The number of carbonyl (C=O) groups excluding carboxylic acids is 1. The summed E-state index contributed by atoms with van der Waals surface area (Å²) in [6, 6.07) is 1.02. The molecule has 0 bridgehead atoms.